The minimum Gasteiger partial charge on any atom is -0.469 e. The summed E-state index contributed by atoms with van der Waals surface area (Å²) in [5.41, 5.74) is 2.58. The Kier molecular flexibility index (Phi) is 2.82. The smallest absolute Gasteiger partial charge is 0.307 e. The lowest BCUT2D eigenvalue weighted by atomic mass is 10.0. The second kappa shape index (κ2) is 4.48. The predicted molar refractivity (Wildman–Crippen MR) is 70.5 cm³/mol. The number of para-hydroxylation sites is 1. The van der Waals surface area contributed by atoms with E-state index in [4.69, 9.17) is 4.74 Å². The van der Waals surface area contributed by atoms with Gasteiger partial charge in [0.25, 0.3) is 0 Å². The lowest BCUT2D eigenvalue weighted by Crippen LogP contribution is -2.20. The Balaban J connectivity index is 2.05. The van der Waals surface area contributed by atoms with Gasteiger partial charge in [0.1, 0.15) is 0 Å². The van der Waals surface area contributed by atoms with Gasteiger partial charge in [0.2, 0.25) is 0 Å². The second-order valence-corrected chi connectivity index (χ2v) is 4.89. The van der Waals surface area contributed by atoms with Crippen LogP contribution in [0.25, 0.3) is 10.9 Å². The number of fused-ring (bicyclic) bond motifs is 3. The quantitative estimate of drug-likeness (QED) is 0.759. The van der Waals surface area contributed by atoms with Gasteiger partial charge in [0, 0.05) is 17.3 Å². The van der Waals surface area contributed by atoms with Gasteiger partial charge in [-0.3, -0.25) is 4.79 Å². The molecule has 0 aliphatic carbocycles. The van der Waals surface area contributed by atoms with Crippen LogP contribution in [-0.4, -0.2) is 17.6 Å². The summed E-state index contributed by atoms with van der Waals surface area (Å²) in [6.45, 7) is 0. The van der Waals surface area contributed by atoms with Crippen molar-refractivity contribution in [3.8, 4) is 0 Å². The first-order chi connectivity index (χ1) is 8.79. The molecule has 1 aliphatic heterocycles. The summed E-state index contributed by atoms with van der Waals surface area (Å²) >= 11 is 0. The number of benzene rings is 1. The van der Waals surface area contributed by atoms with Gasteiger partial charge in [0.15, 0.2) is 0 Å². The Bertz CT molecular complexity index is 585. The zero-order valence-corrected chi connectivity index (χ0v) is 10.6. The van der Waals surface area contributed by atoms with Crippen LogP contribution in [-0.2, 0) is 16.0 Å². The summed E-state index contributed by atoms with van der Waals surface area (Å²) in [4.78, 5) is 11.5. The summed E-state index contributed by atoms with van der Waals surface area (Å²) in [6.07, 6.45) is 3.79. The summed E-state index contributed by atoms with van der Waals surface area (Å²) in [7, 11) is 1.46. The van der Waals surface area contributed by atoms with Crippen LogP contribution in [0, 0.1) is 0 Å². The zero-order valence-electron chi connectivity index (χ0n) is 10.6. The number of rotatable bonds is 2. The number of hydrogen-bond donors (Lipinski definition) is 0. The summed E-state index contributed by atoms with van der Waals surface area (Å²) < 4.78 is 7.13. The third kappa shape index (κ3) is 1.80. The molecule has 94 valence electrons. The normalized spacial score (nSPS) is 18.6. The highest BCUT2D eigenvalue weighted by Crippen LogP contribution is 2.33. The number of esters is 1. The molecule has 0 fully saturated rings. The average Bonchev–Trinajstić information content (AvgIpc) is 2.78. The van der Waals surface area contributed by atoms with E-state index < -0.39 is 0 Å². The lowest BCUT2D eigenvalue weighted by Gasteiger charge is -2.26. The van der Waals surface area contributed by atoms with E-state index in [-0.39, 0.29) is 12.0 Å². The van der Waals surface area contributed by atoms with Crippen molar-refractivity contribution < 1.29 is 9.53 Å². The lowest BCUT2D eigenvalue weighted by molar-refractivity contribution is -0.141. The predicted octanol–water partition coefficient (Wildman–Crippen LogP) is 3.08. The van der Waals surface area contributed by atoms with Crippen LogP contribution in [0.5, 0.6) is 0 Å². The van der Waals surface area contributed by atoms with E-state index in [1.165, 1.54) is 23.7 Å². The highest BCUT2D eigenvalue weighted by Gasteiger charge is 2.24. The Morgan fingerprint density at radius 1 is 1.44 bits per heavy atom. The van der Waals surface area contributed by atoms with Gasteiger partial charge in [-0.25, -0.2) is 0 Å². The number of methoxy groups -OCH3 is 1. The molecular formula is C15H17NO2. The monoisotopic (exact) mass is 243 g/mol. The van der Waals surface area contributed by atoms with Crippen LogP contribution in [0.3, 0.4) is 0 Å². The fourth-order valence-corrected chi connectivity index (χ4v) is 2.97. The molecule has 0 saturated heterocycles. The third-order valence-electron chi connectivity index (χ3n) is 3.79. The van der Waals surface area contributed by atoms with E-state index in [1.54, 1.807) is 0 Å². The van der Waals surface area contributed by atoms with Crippen LogP contribution >= 0.6 is 0 Å². The third-order valence-corrected chi connectivity index (χ3v) is 3.79. The van der Waals surface area contributed by atoms with Crippen molar-refractivity contribution in [1.29, 1.82) is 0 Å². The zero-order chi connectivity index (χ0) is 12.5. The van der Waals surface area contributed by atoms with Crippen molar-refractivity contribution in [1.82, 2.24) is 4.57 Å². The molecular weight excluding hydrogens is 226 g/mol. The Morgan fingerprint density at radius 3 is 3.11 bits per heavy atom. The van der Waals surface area contributed by atoms with Gasteiger partial charge in [-0.1, -0.05) is 18.2 Å². The maximum atomic E-state index is 11.5. The van der Waals surface area contributed by atoms with Crippen molar-refractivity contribution in [2.24, 2.45) is 0 Å². The number of aryl methyl sites for hydroxylation is 1. The molecule has 3 nitrogen and oxygen atoms in total. The van der Waals surface area contributed by atoms with E-state index in [0.29, 0.717) is 6.42 Å². The number of aromatic nitrogens is 1. The highest BCUT2D eigenvalue weighted by molar-refractivity contribution is 5.82. The van der Waals surface area contributed by atoms with Gasteiger partial charge in [-0.2, -0.15) is 0 Å². The SMILES string of the molecule is COC(=O)CC1CCCc2cc3ccccc3n21. The average molecular weight is 243 g/mol. The van der Waals surface area contributed by atoms with Crippen molar-refractivity contribution >= 4 is 16.9 Å². The van der Waals surface area contributed by atoms with Crippen LogP contribution < -0.4 is 0 Å². The summed E-state index contributed by atoms with van der Waals surface area (Å²) in [5.74, 6) is -0.120. The molecule has 1 aromatic carbocycles. The molecule has 2 heterocycles. The first-order valence-corrected chi connectivity index (χ1v) is 6.45. The Morgan fingerprint density at radius 2 is 2.28 bits per heavy atom. The molecule has 1 atom stereocenters. The van der Waals surface area contributed by atoms with Crippen LogP contribution in [0.4, 0.5) is 0 Å². The molecule has 3 heteroatoms. The minimum atomic E-state index is -0.120. The number of carbonyl (C=O) groups excluding carboxylic acids is 1. The van der Waals surface area contributed by atoms with Gasteiger partial charge in [-0.05, 0) is 36.8 Å². The molecule has 0 bridgehead atoms. The van der Waals surface area contributed by atoms with E-state index >= 15 is 0 Å². The maximum absolute atomic E-state index is 11.5. The van der Waals surface area contributed by atoms with Crippen LogP contribution in [0.1, 0.15) is 31.0 Å². The summed E-state index contributed by atoms with van der Waals surface area (Å²) in [5, 5.41) is 1.27. The molecule has 1 aromatic heterocycles. The first-order valence-electron chi connectivity index (χ1n) is 6.45. The van der Waals surface area contributed by atoms with Crippen LogP contribution in [0.15, 0.2) is 30.3 Å². The molecule has 0 radical (unpaired) electrons. The van der Waals surface area contributed by atoms with E-state index in [9.17, 15) is 4.79 Å². The highest BCUT2D eigenvalue weighted by atomic mass is 16.5. The van der Waals surface area contributed by atoms with Crippen molar-refractivity contribution in [2.45, 2.75) is 31.7 Å². The molecule has 3 rings (SSSR count). The number of carbonyl (C=O) groups is 1. The molecule has 18 heavy (non-hydrogen) atoms. The molecule has 2 aromatic rings. The topological polar surface area (TPSA) is 31.2 Å². The molecule has 0 spiro atoms. The van der Waals surface area contributed by atoms with E-state index in [2.05, 4.69) is 34.9 Å². The van der Waals surface area contributed by atoms with Gasteiger partial charge < -0.3 is 9.30 Å². The molecule has 0 amide bonds. The Hall–Kier alpha value is -1.77. The fourth-order valence-electron chi connectivity index (χ4n) is 2.97. The second-order valence-electron chi connectivity index (χ2n) is 4.89. The van der Waals surface area contributed by atoms with E-state index in [0.717, 1.165) is 19.3 Å². The summed E-state index contributed by atoms with van der Waals surface area (Å²) in [6, 6.07) is 10.9. The molecule has 1 unspecified atom stereocenters. The van der Waals surface area contributed by atoms with E-state index in [1.807, 2.05) is 0 Å². The van der Waals surface area contributed by atoms with Gasteiger partial charge in [0.05, 0.1) is 13.5 Å². The van der Waals surface area contributed by atoms with Crippen molar-refractivity contribution in [3.63, 3.8) is 0 Å². The fraction of sp³-hybridized carbons (Fsp3) is 0.400. The first kappa shape index (κ1) is 11.3. The van der Waals surface area contributed by atoms with Crippen LogP contribution in [0.2, 0.25) is 0 Å². The molecule has 0 N–H and O–H groups in total. The molecule has 1 aliphatic rings. The van der Waals surface area contributed by atoms with Crippen molar-refractivity contribution in [3.05, 3.63) is 36.0 Å². The molecule has 0 saturated carbocycles. The maximum Gasteiger partial charge on any atom is 0.307 e. The largest absolute Gasteiger partial charge is 0.469 e. The van der Waals surface area contributed by atoms with Gasteiger partial charge >= 0.3 is 5.97 Å². The Labute approximate surface area is 106 Å². The number of nitrogens with zero attached hydrogens (tertiary/aromatic N) is 1. The standard InChI is InChI=1S/C15H17NO2/c1-18-15(17)10-13-7-4-6-12-9-11-5-2-3-8-14(11)16(12)13/h2-3,5,8-9,13H,4,6-7,10H2,1H3. The van der Waals surface area contributed by atoms with Crippen molar-refractivity contribution in [2.75, 3.05) is 7.11 Å². The number of ether oxygens (including phenoxy) is 1. The minimum absolute atomic E-state index is 0.120. The number of hydrogen-bond acceptors (Lipinski definition) is 2. The van der Waals surface area contributed by atoms with Gasteiger partial charge in [-0.15, -0.1) is 0 Å².